The van der Waals surface area contributed by atoms with Crippen LogP contribution in [0.1, 0.15) is 36.5 Å². The lowest BCUT2D eigenvalue weighted by Gasteiger charge is -2.23. The van der Waals surface area contributed by atoms with Gasteiger partial charge in [0.2, 0.25) is 5.78 Å². The highest BCUT2D eigenvalue weighted by Gasteiger charge is 2.55. The second-order valence-electron chi connectivity index (χ2n) is 5.80. The van der Waals surface area contributed by atoms with Gasteiger partial charge >= 0.3 is 5.97 Å². The Morgan fingerprint density at radius 1 is 1.17 bits per heavy atom. The summed E-state index contributed by atoms with van der Waals surface area (Å²) in [7, 11) is 1.21. The van der Waals surface area contributed by atoms with Gasteiger partial charge in [0.1, 0.15) is 11.5 Å². The second-order valence-corrected chi connectivity index (χ2v) is 5.80. The number of methoxy groups -OCH3 is 1. The number of hydrogen-bond acceptors (Lipinski definition) is 5. The summed E-state index contributed by atoms with van der Waals surface area (Å²) in [6.07, 6.45) is 0.415. The second kappa shape index (κ2) is 6.07. The van der Waals surface area contributed by atoms with Crippen molar-refractivity contribution in [2.75, 3.05) is 7.11 Å². The van der Waals surface area contributed by atoms with Crippen LogP contribution in [-0.4, -0.2) is 30.2 Å². The lowest BCUT2D eigenvalue weighted by atomic mass is 9.88. The van der Waals surface area contributed by atoms with Crippen LogP contribution in [0.25, 0.3) is 10.8 Å². The van der Waals surface area contributed by atoms with Gasteiger partial charge in [0.15, 0.2) is 0 Å². The van der Waals surface area contributed by atoms with Gasteiger partial charge in [-0.05, 0) is 16.8 Å². The number of fused-ring (bicyclic) bond motifs is 3. The first-order chi connectivity index (χ1) is 11.5. The third-order valence-electron chi connectivity index (χ3n) is 4.43. The highest BCUT2D eigenvalue weighted by atomic mass is 16.6. The van der Waals surface area contributed by atoms with Crippen molar-refractivity contribution in [2.24, 2.45) is 0 Å². The SMILES string of the molecule is CCC(=O)CC[C@]1(C(=O)OC)Oc2ccc3ccccc3c2C1=O. The molecule has 3 rings (SSSR count). The summed E-state index contributed by atoms with van der Waals surface area (Å²) < 4.78 is 10.6. The van der Waals surface area contributed by atoms with Gasteiger partial charge in [-0.3, -0.25) is 9.59 Å². The normalized spacial score (nSPS) is 19.0. The molecule has 0 bridgehead atoms. The van der Waals surface area contributed by atoms with Gasteiger partial charge in [-0.25, -0.2) is 4.79 Å². The molecule has 0 saturated carbocycles. The molecule has 0 radical (unpaired) electrons. The Morgan fingerprint density at radius 2 is 1.92 bits per heavy atom. The quantitative estimate of drug-likeness (QED) is 0.624. The maximum Gasteiger partial charge on any atom is 0.358 e. The van der Waals surface area contributed by atoms with Crippen LogP contribution in [0, 0.1) is 0 Å². The molecule has 0 amide bonds. The number of carbonyl (C=O) groups excluding carboxylic acids is 3. The molecular formula is C19H18O5. The van der Waals surface area contributed by atoms with E-state index in [4.69, 9.17) is 9.47 Å². The van der Waals surface area contributed by atoms with E-state index in [2.05, 4.69) is 0 Å². The van der Waals surface area contributed by atoms with Crippen LogP contribution in [0.3, 0.4) is 0 Å². The number of Topliss-reactive ketones (excluding diaryl/α,β-unsaturated/α-hetero) is 2. The molecule has 1 aliphatic heterocycles. The first-order valence-electron chi connectivity index (χ1n) is 7.89. The first kappa shape index (κ1) is 16.2. The highest BCUT2D eigenvalue weighted by Crippen LogP contribution is 2.42. The largest absolute Gasteiger partial charge is 0.466 e. The van der Waals surface area contributed by atoms with Gasteiger partial charge < -0.3 is 9.47 Å². The fraction of sp³-hybridized carbons (Fsp3) is 0.316. The molecule has 2 aromatic carbocycles. The third kappa shape index (κ3) is 2.37. The monoisotopic (exact) mass is 326 g/mol. The average molecular weight is 326 g/mol. The Bertz CT molecular complexity index is 839. The fourth-order valence-corrected chi connectivity index (χ4v) is 3.06. The van der Waals surface area contributed by atoms with Crippen LogP contribution in [0.4, 0.5) is 0 Å². The van der Waals surface area contributed by atoms with Crippen LogP contribution in [0.5, 0.6) is 5.75 Å². The molecule has 0 fully saturated rings. The molecule has 124 valence electrons. The summed E-state index contributed by atoms with van der Waals surface area (Å²) in [5.41, 5.74) is -1.39. The number of carbonyl (C=O) groups is 3. The molecule has 2 aromatic rings. The van der Waals surface area contributed by atoms with Crippen molar-refractivity contribution in [1.29, 1.82) is 0 Å². The van der Waals surface area contributed by atoms with E-state index in [1.165, 1.54) is 7.11 Å². The Balaban J connectivity index is 2.09. The summed E-state index contributed by atoms with van der Waals surface area (Å²) in [5, 5.41) is 1.62. The van der Waals surface area contributed by atoms with Crippen molar-refractivity contribution in [3.8, 4) is 5.75 Å². The number of ketones is 2. The summed E-state index contributed by atoms with van der Waals surface area (Å²) in [4.78, 5) is 37.2. The maximum absolute atomic E-state index is 13.1. The number of ether oxygens (including phenoxy) is 2. The van der Waals surface area contributed by atoms with E-state index in [-0.39, 0.29) is 18.6 Å². The van der Waals surface area contributed by atoms with Gasteiger partial charge in [0.25, 0.3) is 5.60 Å². The average Bonchev–Trinajstić information content (AvgIpc) is 2.92. The van der Waals surface area contributed by atoms with Crippen LogP contribution >= 0.6 is 0 Å². The molecule has 5 heteroatoms. The zero-order chi connectivity index (χ0) is 17.3. The number of benzene rings is 2. The Hall–Kier alpha value is -2.69. The van der Waals surface area contributed by atoms with Gasteiger partial charge in [-0.2, -0.15) is 0 Å². The van der Waals surface area contributed by atoms with E-state index < -0.39 is 17.4 Å². The Kier molecular flexibility index (Phi) is 4.09. The minimum absolute atomic E-state index is 0.0197. The molecular weight excluding hydrogens is 308 g/mol. The summed E-state index contributed by atoms with van der Waals surface area (Å²) >= 11 is 0. The van der Waals surface area contributed by atoms with Gasteiger partial charge in [-0.15, -0.1) is 0 Å². The molecule has 1 heterocycles. The summed E-state index contributed by atoms with van der Waals surface area (Å²) in [5.74, 6) is -0.884. The van der Waals surface area contributed by atoms with Crippen molar-refractivity contribution in [3.63, 3.8) is 0 Å². The summed E-state index contributed by atoms with van der Waals surface area (Å²) in [6, 6.07) is 10.9. The number of rotatable bonds is 5. The van der Waals surface area contributed by atoms with Crippen molar-refractivity contribution < 1.29 is 23.9 Å². The smallest absolute Gasteiger partial charge is 0.358 e. The van der Waals surface area contributed by atoms with Crippen LogP contribution in [-0.2, 0) is 14.3 Å². The topological polar surface area (TPSA) is 69.7 Å². The van der Waals surface area contributed by atoms with E-state index in [1.54, 1.807) is 13.0 Å². The predicted molar refractivity (Wildman–Crippen MR) is 88.2 cm³/mol. The van der Waals surface area contributed by atoms with E-state index in [1.807, 2.05) is 30.3 Å². The molecule has 0 unspecified atom stereocenters. The summed E-state index contributed by atoms with van der Waals surface area (Å²) in [6.45, 7) is 1.74. The molecule has 0 aliphatic carbocycles. The maximum atomic E-state index is 13.1. The Labute approximate surface area is 139 Å². The van der Waals surface area contributed by atoms with E-state index in [0.717, 1.165) is 10.8 Å². The van der Waals surface area contributed by atoms with E-state index in [0.29, 0.717) is 17.7 Å². The molecule has 0 N–H and O–H groups in total. The molecule has 5 nitrogen and oxygen atoms in total. The molecule has 1 aliphatic rings. The van der Waals surface area contributed by atoms with Crippen molar-refractivity contribution in [3.05, 3.63) is 42.0 Å². The van der Waals surface area contributed by atoms with Gasteiger partial charge in [-0.1, -0.05) is 37.3 Å². The lowest BCUT2D eigenvalue weighted by molar-refractivity contribution is -0.154. The minimum Gasteiger partial charge on any atom is -0.466 e. The molecule has 24 heavy (non-hydrogen) atoms. The molecule has 0 aromatic heterocycles. The van der Waals surface area contributed by atoms with E-state index in [9.17, 15) is 14.4 Å². The number of hydrogen-bond donors (Lipinski definition) is 0. The van der Waals surface area contributed by atoms with Crippen LogP contribution in [0.2, 0.25) is 0 Å². The molecule has 1 atom stereocenters. The zero-order valence-corrected chi connectivity index (χ0v) is 13.6. The minimum atomic E-state index is -1.77. The lowest BCUT2D eigenvalue weighted by Crippen LogP contribution is -2.49. The van der Waals surface area contributed by atoms with Crippen molar-refractivity contribution in [1.82, 2.24) is 0 Å². The first-order valence-corrected chi connectivity index (χ1v) is 7.89. The number of esters is 1. The van der Waals surface area contributed by atoms with Crippen molar-refractivity contribution in [2.45, 2.75) is 31.8 Å². The van der Waals surface area contributed by atoms with Gasteiger partial charge in [0, 0.05) is 19.3 Å². The fourth-order valence-electron chi connectivity index (χ4n) is 3.06. The standard InChI is InChI=1S/C19H18O5/c1-3-13(20)10-11-19(18(22)23-2)17(21)16-14-7-5-4-6-12(14)8-9-15(16)24-19/h4-9H,3,10-11H2,1-2H3/t19-/m0/s1. The van der Waals surface area contributed by atoms with Crippen LogP contribution in [0.15, 0.2) is 36.4 Å². The zero-order valence-electron chi connectivity index (χ0n) is 13.6. The third-order valence-corrected chi connectivity index (χ3v) is 4.43. The van der Waals surface area contributed by atoms with Crippen LogP contribution < -0.4 is 4.74 Å². The van der Waals surface area contributed by atoms with Crippen molar-refractivity contribution >= 4 is 28.3 Å². The van der Waals surface area contributed by atoms with Gasteiger partial charge in [0.05, 0.1) is 12.7 Å². The highest BCUT2D eigenvalue weighted by molar-refractivity contribution is 6.24. The van der Waals surface area contributed by atoms with E-state index >= 15 is 0 Å². The molecule has 0 saturated heterocycles. The Morgan fingerprint density at radius 3 is 2.62 bits per heavy atom. The molecule has 0 spiro atoms. The predicted octanol–water partition coefficient (Wildman–Crippen LogP) is 3.09.